The molecule has 0 saturated heterocycles. The fourth-order valence-electron chi connectivity index (χ4n) is 4.41. The Balaban J connectivity index is 1.19. The lowest BCUT2D eigenvalue weighted by Crippen LogP contribution is -2.42. The van der Waals surface area contributed by atoms with Crippen molar-refractivity contribution in [2.45, 2.75) is 31.2 Å². The van der Waals surface area contributed by atoms with Gasteiger partial charge < -0.3 is 20.5 Å². The molecule has 1 aliphatic rings. The normalized spacial score (nSPS) is 12.8. The number of carbonyl (C=O) groups is 3. The highest BCUT2D eigenvalue weighted by molar-refractivity contribution is 5.83. The first kappa shape index (κ1) is 24.0. The number of carboxylic acids is 1. The summed E-state index contributed by atoms with van der Waals surface area (Å²) in [5.41, 5.74) is 5.44. The minimum Gasteiger partial charge on any atom is -0.480 e. The smallest absolute Gasteiger partial charge is 0.407 e. The van der Waals surface area contributed by atoms with Crippen molar-refractivity contribution in [1.82, 2.24) is 10.6 Å². The van der Waals surface area contributed by atoms with Crippen molar-refractivity contribution in [3.63, 3.8) is 0 Å². The molecule has 0 unspecified atom stereocenters. The van der Waals surface area contributed by atoms with Crippen LogP contribution < -0.4 is 10.6 Å². The Kier molecular flexibility index (Phi) is 7.77. The molecular weight excluding hydrogens is 444 g/mol. The number of carboxylic acid groups (broad SMARTS) is 1. The van der Waals surface area contributed by atoms with Crippen molar-refractivity contribution in [3.8, 4) is 11.1 Å². The number of hydrogen-bond donors (Lipinski definition) is 3. The summed E-state index contributed by atoms with van der Waals surface area (Å²) in [4.78, 5) is 35.9. The number of amides is 2. The molecule has 1 aliphatic carbocycles. The van der Waals surface area contributed by atoms with Gasteiger partial charge in [-0.3, -0.25) is 4.79 Å². The summed E-state index contributed by atoms with van der Waals surface area (Å²) in [5.74, 6) is -1.47. The molecule has 35 heavy (non-hydrogen) atoms. The van der Waals surface area contributed by atoms with Crippen LogP contribution in [0.1, 0.15) is 35.4 Å². The fourth-order valence-corrected chi connectivity index (χ4v) is 4.41. The van der Waals surface area contributed by atoms with Crippen LogP contribution in [0, 0.1) is 0 Å². The van der Waals surface area contributed by atoms with Crippen molar-refractivity contribution in [3.05, 3.63) is 95.6 Å². The highest BCUT2D eigenvalue weighted by atomic mass is 16.5. The predicted octanol–water partition coefficient (Wildman–Crippen LogP) is 4.12. The van der Waals surface area contributed by atoms with Gasteiger partial charge >= 0.3 is 12.1 Å². The van der Waals surface area contributed by atoms with E-state index in [9.17, 15) is 19.5 Å². The number of ether oxygens (including phenoxy) is 1. The summed E-state index contributed by atoms with van der Waals surface area (Å²) >= 11 is 0. The van der Waals surface area contributed by atoms with E-state index >= 15 is 0 Å². The second kappa shape index (κ2) is 11.3. The Bertz CT molecular complexity index is 1150. The van der Waals surface area contributed by atoms with Crippen LogP contribution in [0.25, 0.3) is 11.1 Å². The molecule has 0 heterocycles. The lowest BCUT2D eigenvalue weighted by Gasteiger charge is -2.15. The molecule has 180 valence electrons. The molecule has 0 aromatic heterocycles. The molecule has 0 saturated carbocycles. The largest absolute Gasteiger partial charge is 0.480 e. The molecule has 0 radical (unpaired) electrons. The minimum absolute atomic E-state index is 0.0171. The first-order valence-electron chi connectivity index (χ1n) is 11.7. The molecular formula is C28H28N2O5. The van der Waals surface area contributed by atoms with Crippen molar-refractivity contribution >= 4 is 18.0 Å². The van der Waals surface area contributed by atoms with Crippen molar-refractivity contribution in [2.75, 3.05) is 13.2 Å². The average Bonchev–Trinajstić information content (AvgIpc) is 3.19. The standard InChI is InChI=1S/C28H28N2O5/c31-26(30-25(27(32)33)17-19-9-2-1-3-10-19)15-8-16-29-28(34)35-18-24-22-13-6-4-11-20(22)21-12-5-7-14-23(21)24/h1-7,9-14,24-25H,8,15-18H2,(H,29,34)(H,30,31)(H,32,33)/t25-/m0/s1. The Morgan fingerprint density at radius 3 is 2.09 bits per heavy atom. The van der Waals surface area contributed by atoms with Crippen molar-refractivity contribution < 1.29 is 24.2 Å². The monoisotopic (exact) mass is 472 g/mol. The Morgan fingerprint density at radius 2 is 1.46 bits per heavy atom. The molecule has 3 aromatic rings. The zero-order valence-electron chi connectivity index (χ0n) is 19.3. The van der Waals surface area contributed by atoms with Crippen LogP contribution in [0.3, 0.4) is 0 Å². The van der Waals surface area contributed by atoms with Crippen LogP contribution in [-0.4, -0.2) is 42.3 Å². The van der Waals surface area contributed by atoms with E-state index in [0.717, 1.165) is 27.8 Å². The summed E-state index contributed by atoms with van der Waals surface area (Å²) in [6, 6.07) is 24.4. The molecule has 0 fully saturated rings. The third-order valence-corrected chi connectivity index (χ3v) is 6.11. The van der Waals surface area contributed by atoms with E-state index < -0.39 is 18.1 Å². The number of aliphatic carboxylic acids is 1. The van der Waals surface area contributed by atoms with Gasteiger partial charge in [0.25, 0.3) is 0 Å². The van der Waals surface area contributed by atoms with E-state index in [1.807, 2.05) is 54.6 Å². The zero-order valence-corrected chi connectivity index (χ0v) is 19.3. The molecule has 4 rings (SSSR count). The van der Waals surface area contributed by atoms with Crippen LogP contribution in [-0.2, 0) is 20.7 Å². The number of rotatable bonds is 10. The van der Waals surface area contributed by atoms with Gasteiger partial charge in [-0.25, -0.2) is 9.59 Å². The number of benzene rings is 3. The summed E-state index contributed by atoms with van der Waals surface area (Å²) in [7, 11) is 0. The van der Waals surface area contributed by atoms with Gasteiger partial charge in [0.05, 0.1) is 0 Å². The van der Waals surface area contributed by atoms with E-state index in [4.69, 9.17) is 4.74 Å². The molecule has 7 heteroatoms. The van der Waals surface area contributed by atoms with E-state index in [1.54, 1.807) is 0 Å². The summed E-state index contributed by atoms with van der Waals surface area (Å²) in [6.07, 6.45) is 0.135. The summed E-state index contributed by atoms with van der Waals surface area (Å²) in [5, 5.41) is 14.6. The Morgan fingerprint density at radius 1 is 0.857 bits per heavy atom. The first-order valence-corrected chi connectivity index (χ1v) is 11.7. The van der Waals surface area contributed by atoms with Gasteiger partial charge in [-0.2, -0.15) is 0 Å². The molecule has 2 amide bonds. The van der Waals surface area contributed by atoms with Gasteiger partial charge in [0.2, 0.25) is 5.91 Å². The van der Waals surface area contributed by atoms with Gasteiger partial charge in [-0.05, 0) is 34.2 Å². The van der Waals surface area contributed by atoms with E-state index in [2.05, 4.69) is 34.9 Å². The van der Waals surface area contributed by atoms with Gasteiger partial charge in [0.1, 0.15) is 12.6 Å². The zero-order chi connectivity index (χ0) is 24.6. The third kappa shape index (κ3) is 6.06. The number of hydrogen-bond acceptors (Lipinski definition) is 4. The fraction of sp³-hybridized carbons (Fsp3) is 0.250. The number of carbonyl (C=O) groups excluding carboxylic acids is 2. The van der Waals surface area contributed by atoms with Crippen LogP contribution in [0.5, 0.6) is 0 Å². The van der Waals surface area contributed by atoms with Crippen molar-refractivity contribution in [2.24, 2.45) is 0 Å². The van der Waals surface area contributed by atoms with Crippen molar-refractivity contribution in [1.29, 1.82) is 0 Å². The second-order valence-corrected chi connectivity index (χ2v) is 8.50. The maximum absolute atomic E-state index is 12.2. The van der Waals surface area contributed by atoms with E-state index in [1.165, 1.54) is 0 Å². The molecule has 7 nitrogen and oxygen atoms in total. The van der Waals surface area contributed by atoms with Gasteiger partial charge in [-0.1, -0.05) is 78.9 Å². The molecule has 3 N–H and O–H groups in total. The van der Waals surface area contributed by atoms with E-state index in [-0.39, 0.29) is 37.8 Å². The maximum Gasteiger partial charge on any atom is 0.407 e. The first-order chi connectivity index (χ1) is 17.0. The van der Waals surface area contributed by atoms with Crippen LogP contribution in [0.15, 0.2) is 78.9 Å². The quantitative estimate of drug-likeness (QED) is 0.385. The average molecular weight is 473 g/mol. The molecule has 0 spiro atoms. The number of nitrogens with one attached hydrogen (secondary N) is 2. The molecule has 0 aliphatic heterocycles. The Hall–Kier alpha value is -4.13. The highest BCUT2D eigenvalue weighted by Crippen LogP contribution is 2.44. The van der Waals surface area contributed by atoms with Crippen LogP contribution >= 0.6 is 0 Å². The molecule has 1 atom stereocenters. The molecule has 0 bridgehead atoms. The lowest BCUT2D eigenvalue weighted by molar-refractivity contribution is -0.141. The lowest BCUT2D eigenvalue weighted by atomic mass is 9.98. The maximum atomic E-state index is 12.2. The van der Waals surface area contributed by atoms with Crippen LogP contribution in [0.4, 0.5) is 4.79 Å². The highest BCUT2D eigenvalue weighted by Gasteiger charge is 2.29. The SMILES string of the molecule is O=C(CCCNC(=O)OCC1c2ccccc2-c2ccccc21)N[C@@H](Cc1ccccc1)C(=O)O. The third-order valence-electron chi connectivity index (χ3n) is 6.11. The number of fused-ring (bicyclic) bond motifs is 3. The summed E-state index contributed by atoms with van der Waals surface area (Å²) < 4.78 is 5.48. The topological polar surface area (TPSA) is 105 Å². The number of alkyl carbamates (subject to hydrolysis) is 1. The summed E-state index contributed by atoms with van der Waals surface area (Å²) in [6.45, 7) is 0.473. The van der Waals surface area contributed by atoms with E-state index in [0.29, 0.717) is 6.42 Å². The second-order valence-electron chi connectivity index (χ2n) is 8.50. The van der Waals surface area contributed by atoms with Gasteiger partial charge in [-0.15, -0.1) is 0 Å². The van der Waals surface area contributed by atoms with Gasteiger partial charge in [0, 0.05) is 25.3 Å². The van der Waals surface area contributed by atoms with Gasteiger partial charge in [0.15, 0.2) is 0 Å². The molecule has 3 aromatic carbocycles. The Labute approximate surface area is 204 Å². The predicted molar refractivity (Wildman–Crippen MR) is 132 cm³/mol. The minimum atomic E-state index is -1.08. The van der Waals surface area contributed by atoms with Crippen LogP contribution in [0.2, 0.25) is 0 Å².